The molecule has 1 aromatic heterocycles. The van der Waals surface area contributed by atoms with Gasteiger partial charge in [-0.15, -0.1) is 0 Å². The number of nitrogens with zero attached hydrogens (tertiary/aromatic N) is 2. The average Bonchev–Trinajstić information content (AvgIpc) is 3.19. The number of hydrogen-bond donors (Lipinski definition) is 0. The maximum atomic E-state index is 13.8. The van der Waals surface area contributed by atoms with E-state index in [0.717, 1.165) is 44.7 Å². The summed E-state index contributed by atoms with van der Waals surface area (Å²) in [6.45, 7) is 0. The number of hydrogen-bond acceptors (Lipinski definition) is 4. The Bertz CT molecular complexity index is 1630. The summed E-state index contributed by atoms with van der Waals surface area (Å²) < 4.78 is 8.83. The summed E-state index contributed by atoms with van der Waals surface area (Å²) in [7, 11) is 1.64. The van der Waals surface area contributed by atoms with Gasteiger partial charge >= 0.3 is 0 Å². The lowest BCUT2D eigenvalue weighted by molar-refractivity contribution is 0.414. The summed E-state index contributed by atoms with van der Waals surface area (Å²) in [6, 6.07) is 24.4. The summed E-state index contributed by atoms with van der Waals surface area (Å²) >= 11 is 5.05. The lowest BCUT2D eigenvalue weighted by Gasteiger charge is -2.30. The predicted molar refractivity (Wildman–Crippen MR) is 140 cm³/mol. The lowest BCUT2D eigenvalue weighted by atomic mass is 9.83. The summed E-state index contributed by atoms with van der Waals surface area (Å²) in [5.41, 5.74) is 6.72. The minimum Gasteiger partial charge on any atom is -0.497 e. The molecule has 3 aromatic carbocycles. The van der Waals surface area contributed by atoms with Gasteiger partial charge in [-0.2, -0.15) is 0 Å². The van der Waals surface area contributed by atoms with E-state index in [9.17, 15) is 4.79 Å². The average molecular weight is 529 g/mol. The van der Waals surface area contributed by atoms with Gasteiger partial charge in [-0.05, 0) is 59.4 Å². The molecule has 6 heteroatoms. The molecule has 4 nitrogen and oxygen atoms in total. The molecule has 2 heterocycles. The molecule has 1 atom stereocenters. The van der Waals surface area contributed by atoms with Gasteiger partial charge in [-0.25, -0.2) is 4.99 Å². The highest BCUT2D eigenvalue weighted by Crippen LogP contribution is 2.41. The van der Waals surface area contributed by atoms with Crippen molar-refractivity contribution >= 4 is 39.0 Å². The molecule has 0 spiro atoms. The van der Waals surface area contributed by atoms with Crippen molar-refractivity contribution in [2.45, 2.75) is 18.9 Å². The first kappa shape index (κ1) is 21.3. The number of rotatable bonds is 3. The van der Waals surface area contributed by atoms with Crippen molar-refractivity contribution in [1.29, 1.82) is 0 Å². The molecule has 1 aliphatic carbocycles. The van der Waals surface area contributed by atoms with Gasteiger partial charge in [0.25, 0.3) is 5.56 Å². The molecule has 6 rings (SSSR count). The highest BCUT2D eigenvalue weighted by atomic mass is 79.9. The molecule has 1 aliphatic heterocycles. The van der Waals surface area contributed by atoms with Gasteiger partial charge in [-0.3, -0.25) is 9.36 Å². The zero-order chi connectivity index (χ0) is 23.2. The minimum absolute atomic E-state index is 0.0160. The van der Waals surface area contributed by atoms with E-state index in [4.69, 9.17) is 9.73 Å². The minimum atomic E-state index is -0.156. The van der Waals surface area contributed by atoms with Gasteiger partial charge in [0, 0.05) is 10.0 Å². The molecular formula is C28H21BrN2O2S. The Kier molecular flexibility index (Phi) is 5.35. The summed E-state index contributed by atoms with van der Waals surface area (Å²) in [5, 5.41) is 0. The number of methoxy groups -OCH3 is 1. The third-order valence-electron chi connectivity index (χ3n) is 6.48. The molecule has 0 saturated heterocycles. The zero-order valence-electron chi connectivity index (χ0n) is 18.5. The van der Waals surface area contributed by atoms with E-state index in [-0.39, 0.29) is 11.6 Å². The normalized spacial score (nSPS) is 17.0. The molecule has 0 fully saturated rings. The third-order valence-corrected chi connectivity index (χ3v) is 8.18. The quantitative estimate of drug-likeness (QED) is 0.371. The van der Waals surface area contributed by atoms with Gasteiger partial charge in [0.05, 0.1) is 23.4 Å². The van der Waals surface area contributed by atoms with Crippen LogP contribution in [0.2, 0.25) is 0 Å². The second kappa shape index (κ2) is 8.53. The molecule has 168 valence electrons. The van der Waals surface area contributed by atoms with Crippen LogP contribution in [0.1, 0.15) is 34.7 Å². The van der Waals surface area contributed by atoms with Gasteiger partial charge in [-0.1, -0.05) is 81.9 Å². The fourth-order valence-corrected chi connectivity index (χ4v) is 6.21. The first-order valence-corrected chi connectivity index (χ1v) is 12.8. The largest absolute Gasteiger partial charge is 0.497 e. The first-order chi connectivity index (χ1) is 16.6. The van der Waals surface area contributed by atoms with Crippen LogP contribution in [0.25, 0.3) is 11.8 Å². The Morgan fingerprint density at radius 2 is 1.85 bits per heavy atom. The van der Waals surface area contributed by atoms with Crippen LogP contribution in [0.3, 0.4) is 0 Å². The summed E-state index contributed by atoms with van der Waals surface area (Å²) in [6.07, 6.45) is 3.77. The number of fused-ring (bicyclic) bond motifs is 3. The van der Waals surface area contributed by atoms with Gasteiger partial charge in [0.2, 0.25) is 0 Å². The fraction of sp³-hybridized carbons (Fsp3) is 0.143. The van der Waals surface area contributed by atoms with E-state index in [1.54, 1.807) is 7.11 Å². The van der Waals surface area contributed by atoms with Gasteiger partial charge < -0.3 is 4.74 Å². The van der Waals surface area contributed by atoms with Crippen LogP contribution in [0.15, 0.2) is 92.6 Å². The number of aryl methyl sites for hydroxylation is 1. The van der Waals surface area contributed by atoms with Crippen LogP contribution in [-0.2, 0) is 6.42 Å². The maximum absolute atomic E-state index is 13.8. The molecule has 0 N–H and O–H groups in total. The van der Waals surface area contributed by atoms with Crippen molar-refractivity contribution in [1.82, 2.24) is 4.57 Å². The smallest absolute Gasteiger partial charge is 0.271 e. The topological polar surface area (TPSA) is 43.6 Å². The molecule has 0 amide bonds. The van der Waals surface area contributed by atoms with E-state index in [1.807, 2.05) is 47.0 Å². The molecule has 34 heavy (non-hydrogen) atoms. The Balaban J connectivity index is 1.62. The summed E-state index contributed by atoms with van der Waals surface area (Å²) in [5.74, 6) is 0.747. The number of halogens is 1. The zero-order valence-corrected chi connectivity index (χ0v) is 20.9. The molecule has 4 aromatic rings. The summed E-state index contributed by atoms with van der Waals surface area (Å²) in [4.78, 5) is 19.6. The van der Waals surface area contributed by atoms with Crippen LogP contribution in [0, 0.1) is 0 Å². The van der Waals surface area contributed by atoms with E-state index in [0.29, 0.717) is 4.53 Å². The van der Waals surface area contributed by atoms with Gasteiger partial charge in [0.1, 0.15) is 5.75 Å². The monoisotopic (exact) mass is 528 g/mol. The number of benzene rings is 3. The van der Waals surface area contributed by atoms with E-state index < -0.39 is 0 Å². The number of thiazole rings is 1. The van der Waals surface area contributed by atoms with Crippen molar-refractivity contribution in [2.75, 3.05) is 7.11 Å². The van der Waals surface area contributed by atoms with Crippen molar-refractivity contribution in [2.24, 2.45) is 4.99 Å². The van der Waals surface area contributed by atoms with E-state index in [2.05, 4.69) is 52.3 Å². The van der Waals surface area contributed by atoms with E-state index >= 15 is 0 Å². The molecule has 0 bridgehead atoms. The second-order valence-electron chi connectivity index (χ2n) is 8.41. The van der Waals surface area contributed by atoms with Crippen LogP contribution in [0.5, 0.6) is 5.75 Å². The standard InChI is InChI=1S/C28H21BrN2O2S/c1-33-20-12-14-23(29)19(15-20)16-24-27(32)31-26(18-8-3-2-4-9-18)22-13-11-17-7-5-6-10-21(17)25(22)30-28(31)34-24/h2-10,12,14-16,26H,11,13H2,1H3/b24-16-/t26-/m0/s1. The Morgan fingerprint density at radius 1 is 1.06 bits per heavy atom. The molecule has 0 saturated carbocycles. The van der Waals surface area contributed by atoms with Crippen molar-refractivity contribution in [3.05, 3.63) is 125 Å². The number of aromatic nitrogens is 1. The molecular weight excluding hydrogens is 508 g/mol. The first-order valence-electron chi connectivity index (χ1n) is 11.2. The van der Waals surface area contributed by atoms with Crippen molar-refractivity contribution < 1.29 is 4.74 Å². The van der Waals surface area contributed by atoms with Crippen molar-refractivity contribution in [3.8, 4) is 5.75 Å². The molecule has 0 radical (unpaired) electrons. The number of allylic oxidation sites excluding steroid dienone is 1. The Hall–Kier alpha value is -3.22. The highest BCUT2D eigenvalue weighted by Gasteiger charge is 2.32. The SMILES string of the molecule is COc1ccc(Br)c(/C=c2\sc3n(c2=O)[C@@H](c2ccccc2)C2=C(N=3)c3ccccc3CC2)c1. The van der Waals surface area contributed by atoms with Gasteiger partial charge in [0.15, 0.2) is 4.80 Å². The van der Waals surface area contributed by atoms with Crippen LogP contribution >= 0.6 is 27.3 Å². The second-order valence-corrected chi connectivity index (χ2v) is 10.3. The van der Waals surface area contributed by atoms with E-state index in [1.165, 1.54) is 28.0 Å². The molecule has 2 aliphatic rings. The highest BCUT2D eigenvalue weighted by molar-refractivity contribution is 9.10. The lowest BCUT2D eigenvalue weighted by Crippen LogP contribution is -2.38. The fourth-order valence-electron chi connectivity index (χ4n) is 4.86. The molecule has 0 unspecified atom stereocenters. The maximum Gasteiger partial charge on any atom is 0.271 e. The Labute approximate surface area is 209 Å². The predicted octanol–water partition coefficient (Wildman–Crippen LogP) is 5.09. The van der Waals surface area contributed by atoms with Crippen LogP contribution in [0.4, 0.5) is 0 Å². The number of ether oxygens (including phenoxy) is 1. The Morgan fingerprint density at radius 3 is 2.68 bits per heavy atom. The van der Waals surface area contributed by atoms with Crippen LogP contribution in [-0.4, -0.2) is 11.7 Å². The third kappa shape index (κ3) is 3.49. The van der Waals surface area contributed by atoms with Crippen LogP contribution < -0.4 is 19.6 Å². The van der Waals surface area contributed by atoms with Crippen molar-refractivity contribution in [3.63, 3.8) is 0 Å².